The molecule has 0 amide bonds. The number of hydrogen-bond acceptors (Lipinski definition) is 5. The van der Waals surface area contributed by atoms with Gasteiger partial charge in [-0.2, -0.15) is 0 Å². The number of carbonyl (C=O) groups is 1. The third kappa shape index (κ3) is 2.95. The van der Waals surface area contributed by atoms with Crippen molar-refractivity contribution >= 4 is 18.4 Å². The largest absolute Gasteiger partial charge is 0.463 e. The molecular weight excluding hydrogens is 222 g/mol. The van der Waals surface area contributed by atoms with Crippen LogP contribution in [-0.4, -0.2) is 24.8 Å². The molecule has 1 atom stereocenters. The van der Waals surface area contributed by atoms with Gasteiger partial charge in [-0.25, -0.2) is 4.79 Å². The monoisotopic (exact) mass is 235 g/mol. The summed E-state index contributed by atoms with van der Waals surface area (Å²) in [4.78, 5) is 11.0. The second-order valence-electron chi connectivity index (χ2n) is 3.23. The minimum Gasteiger partial charge on any atom is -0.463 e. The molecule has 1 heterocycles. The van der Waals surface area contributed by atoms with Crippen LogP contribution in [0.15, 0.2) is 16.5 Å². The van der Waals surface area contributed by atoms with Gasteiger partial charge in [0, 0.05) is 0 Å². The fourth-order valence-electron chi connectivity index (χ4n) is 0.933. The number of rotatable bonds is 3. The first-order chi connectivity index (χ1) is 6.51. The lowest BCUT2D eigenvalue weighted by molar-refractivity contribution is 0.0558. The van der Waals surface area contributed by atoms with Crippen molar-refractivity contribution in [1.29, 1.82) is 0 Å². The molecule has 0 saturated carbocycles. The van der Waals surface area contributed by atoms with Gasteiger partial charge in [-0.3, -0.25) is 0 Å². The molecule has 1 rings (SSSR count). The van der Waals surface area contributed by atoms with Gasteiger partial charge in [-0.15, -0.1) is 12.4 Å². The maximum Gasteiger partial charge on any atom is 0.373 e. The molecular formula is C9H14ClNO4. The lowest BCUT2D eigenvalue weighted by Crippen LogP contribution is -2.36. The number of carbonyl (C=O) groups excluding carboxylic acids is 1. The number of hydrogen-bond donors (Lipinski definition) is 2. The van der Waals surface area contributed by atoms with E-state index < -0.39 is 11.5 Å². The van der Waals surface area contributed by atoms with Crippen molar-refractivity contribution in [3.63, 3.8) is 0 Å². The molecule has 0 aliphatic heterocycles. The van der Waals surface area contributed by atoms with E-state index in [1.807, 2.05) is 0 Å². The maximum absolute atomic E-state index is 11.0. The summed E-state index contributed by atoms with van der Waals surface area (Å²) in [5, 5.41) is 8.95. The molecule has 1 unspecified atom stereocenters. The van der Waals surface area contributed by atoms with Crippen molar-refractivity contribution in [1.82, 2.24) is 0 Å². The van der Waals surface area contributed by atoms with Crippen LogP contribution in [0.5, 0.6) is 0 Å². The molecule has 86 valence electrons. The molecule has 0 radical (unpaired) electrons. The number of esters is 1. The maximum atomic E-state index is 11.0. The smallest absolute Gasteiger partial charge is 0.373 e. The van der Waals surface area contributed by atoms with Gasteiger partial charge in [0.15, 0.2) is 0 Å². The first-order valence-electron chi connectivity index (χ1n) is 4.09. The van der Waals surface area contributed by atoms with E-state index in [0.29, 0.717) is 5.76 Å². The molecule has 15 heavy (non-hydrogen) atoms. The van der Waals surface area contributed by atoms with Crippen molar-refractivity contribution in [2.45, 2.75) is 12.5 Å². The molecule has 1 aromatic rings. The molecule has 0 aliphatic carbocycles. The van der Waals surface area contributed by atoms with Crippen molar-refractivity contribution in [2.75, 3.05) is 13.7 Å². The van der Waals surface area contributed by atoms with E-state index in [9.17, 15) is 4.79 Å². The van der Waals surface area contributed by atoms with Crippen molar-refractivity contribution in [2.24, 2.45) is 5.73 Å². The highest BCUT2D eigenvalue weighted by Crippen LogP contribution is 2.20. The number of nitrogens with two attached hydrogens (primary N) is 1. The standard InChI is InChI=1S/C9H13NO4.ClH/c1-9(10,5-11)7-4-3-6(14-7)8(12)13-2;/h3-4,11H,5,10H2,1-2H3;1H. The van der Waals surface area contributed by atoms with Gasteiger partial charge in [-0.05, 0) is 19.1 Å². The summed E-state index contributed by atoms with van der Waals surface area (Å²) in [6.45, 7) is 1.34. The fourth-order valence-corrected chi connectivity index (χ4v) is 0.933. The molecule has 0 spiro atoms. The highest BCUT2D eigenvalue weighted by atomic mass is 35.5. The molecule has 0 bridgehead atoms. The Morgan fingerprint density at radius 2 is 2.27 bits per heavy atom. The zero-order valence-electron chi connectivity index (χ0n) is 8.52. The van der Waals surface area contributed by atoms with Crippen LogP contribution in [0.4, 0.5) is 0 Å². The number of ether oxygens (including phenoxy) is 1. The van der Waals surface area contributed by atoms with Gasteiger partial charge in [0.25, 0.3) is 0 Å². The molecule has 1 aromatic heterocycles. The number of aliphatic hydroxyl groups is 1. The number of aliphatic hydroxyl groups excluding tert-OH is 1. The first-order valence-corrected chi connectivity index (χ1v) is 4.09. The van der Waals surface area contributed by atoms with E-state index in [-0.39, 0.29) is 24.8 Å². The molecule has 5 nitrogen and oxygen atoms in total. The van der Waals surface area contributed by atoms with E-state index in [1.165, 1.54) is 13.2 Å². The molecule has 0 aliphatic rings. The summed E-state index contributed by atoms with van der Waals surface area (Å²) < 4.78 is 9.59. The summed E-state index contributed by atoms with van der Waals surface area (Å²) in [6, 6.07) is 3.00. The van der Waals surface area contributed by atoms with E-state index in [1.54, 1.807) is 13.0 Å². The van der Waals surface area contributed by atoms with Crippen LogP contribution in [0, 0.1) is 0 Å². The van der Waals surface area contributed by atoms with E-state index in [0.717, 1.165) is 0 Å². The zero-order valence-corrected chi connectivity index (χ0v) is 9.34. The van der Waals surface area contributed by atoms with Crippen LogP contribution >= 0.6 is 12.4 Å². The van der Waals surface area contributed by atoms with Crippen LogP contribution in [-0.2, 0) is 10.3 Å². The Bertz CT molecular complexity index is 335. The lowest BCUT2D eigenvalue weighted by Gasteiger charge is -2.17. The predicted molar refractivity (Wildman–Crippen MR) is 55.9 cm³/mol. The Kier molecular flexibility index (Phi) is 4.80. The van der Waals surface area contributed by atoms with Gasteiger partial charge in [0.1, 0.15) is 5.76 Å². The molecule has 6 heteroatoms. The second-order valence-corrected chi connectivity index (χ2v) is 3.23. The van der Waals surface area contributed by atoms with Gasteiger partial charge >= 0.3 is 5.97 Å². The summed E-state index contributed by atoms with van der Waals surface area (Å²) in [5.74, 6) is -0.141. The van der Waals surface area contributed by atoms with E-state index in [4.69, 9.17) is 15.3 Å². The predicted octanol–water partition coefficient (Wildman–Crippen LogP) is 0.654. The number of halogens is 1. The Morgan fingerprint density at radius 1 is 1.67 bits per heavy atom. The Labute approximate surface area is 93.6 Å². The van der Waals surface area contributed by atoms with Crippen LogP contribution in [0.1, 0.15) is 23.2 Å². The van der Waals surface area contributed by atoms with Gasteiger partial charge in [0.2, 0.25) is 5.76 Å². The van der Waals surface area contributed by atoms with E-state index in [2.05, 4.69) is 4.74 Å². The van der Waals surface area contributed by atoms with Crippen LogP contribution in [0.25, 0.3) is 0 Å². The molecule has 0 fully saturated rings. The lowest BCUT2D eigenvalue weighted by atomic mass is 10.0. The summed E-state index contributed by atoms with van der Waals surface area (Å²) in [5.41, 5.74) is 4.72. The average molecular weight is 236 g/mol. The summed E-state index contributed by atoms with van der Waals surface area (Å²) in [7, 11) is 1.26. The van der Waals surface area contributed by atoms with Crippen molar-refractivity contribution in [3.05, 3.63) is 23.7 Å². The third-order valence-electron chi connectivity index (χ3n) is 1.88. The fraction of sp³-hybridized carbons (Fsp3) is 0.444. The Hall–Kier alpha value is -1.04. The molecule has 3 N–H and O–H groups in total. The minimum absolute atomic E-state index is 0. The quantitative estimate of drug-likeness (QED) is 0.752. The van der Waals surface area contributed by atoms with Crippen LogP contribution in [0.3, 0.4) is 0 Å². The van der Waals surface area contributed by atoms with Gasteiger partial charge in [-0.1, -0.05) is 0 Å². The first kappa shape index (κ1) is 14.0. The average Bonchev–Trinajstić information content (AvgIpc) is 2.66. The third-order valence-corrected chi connectivity index (χ3v) is 1.88. The molecule has 0 saturated heterocycles. The SMILES string of the molecule is COC(=O)c1ccc(C(C)(N)CO)o1.Cl. The molecule has 0 aromatic carbocycles. The van der Waals surface area contributed by atoms with Crippen molar-refractivity contribution < 1.29 is 19.1 Å². The minimum atomic E-state index is -0.980. The Balaban J connectivity index is 0.00000196. The van der Waals surface area contributed by atoms with Gasteiger partial charge in [0.05, 0.1) is 19.3 Å². The summed E-state index contributed by atoms with van der Waals surface area (Å²) >= 11 is 0. The van der Waals surface area contributed by atoms with Crippen molar-refractivity contribution in [3.8, 4) is 0 Å². The normalized spacial score (nSPS) is 13.9. The zero-order chi connectivity index (χ0) is 10.8. The Morgan fingerprint density at radius 3 is 2.73 bits per heavy atom. The highest BCUT2D eigenvalue weighted by molar-refractivity contribution is 5.86. The number of furan rings is 1. The van der Waals surface area contributed by atoms with Gasteiger partial charge < -0.3 is 20.0 Å². The van der Waals surface area contributed by atoms with Crippen LogP contribution in [0.2, 0.25) is 0 Å². The second kappa shape index (κ2) is 5.16. The summed E-state index contributed by atoms with van der Waals surface area (Å²) in [6.07, 6.45) is 0. The highest BCUT2D eigenvalue weighted by Gasteiger charge is 2.25. The topological polar surface area (TPSA) is 85.7 Å². The van der Waals surface area contributed by atoms with E-state index >= 15 is 0 Å². The number of methoxy groups -OCH3 is 1. The van der Waals surface area contributed by atoms with Crippen LogP contribution < -0.4 is 5.73 Å².